The van der Waals surface area contributed by atoms with Crippen LogP contribution in [0, 0.1) is 5.92 Å². The van der Waals surface area contributed by atoms with Gasteiger partial charge in [0.05, 0.1) is 14.2 Å². The van der Waals surface area contributed by atoms with E-state index in [1.54, 1.807) is 14.0 Å². The number of methoxy groups -OCH3 is 2. The molecule has 9 nitrogen and oxygen atoms in total. The molecule has 0 saturated heterocycles. The van der Waals surface area contributed by atoms with E-state index < -0.39 is 11.7 Å². The number of carbonyl (C=O) groups excluding carboxylic acids is 3. The molecular formula is C25H31N3O6. The maximum Gasteiger partial charge on any atom is 0.290 e. The molecule has 1 N–H and O–H groups in total. The van der Waals surface area contributed by atoms with Crippen LogP contribution in [0.25, 0.3) is 0 Å². The minimum Gasteiger partial charge on any atom is -0.497 e. The van der Waals surface area contributed by atoms with Crippen molar-refractivity contribution in [1.82, 2.24) is 14.8 Å². The minimum atomic E-state index is -0.550. The molecule has 182 valence electrons. The van der Waals surface area contributed by atoms with Gasteiger partial charge in [-0.05, 0) is 24.1 Å². The lowest BCUT2D eigenvalue weighted by Crippen LogP contribution is -2.40. The molecule has 2 heterocycles. The molecule has 1 aliphatic heterocycles. The Morgan fingerprint density at radius 3 is 2.53 bits per heavy atom. The largest absolute Gasteiger partial charge is 0.497 e. The van der Waals surface area contributed by atoms with E-state index >= 15 is 0 Å². The van der Waals surface area contributed by atoms with Crippen LogP contribution in [0.15, 0.2) is 35.1 Å². The second-order valence-corrected chi connectivity index (χ2v) is 8.27. The van der Waals surface area contributed by atoms with Crippen molar-refractivity contribution in [3.05, 3.63) is 57.5 Å². The van der Waals surface area contributed by atoms with Crippen molar-refractivity contribution in [2.24, 2.45) is 5.92 Å². The van der Waals surface area contributed by atoms with Gasteiger partial charge in [0.1, 0.15) is 17.1 Å². The first kappa shape index (κ1) is 25.0. The molecule has 0 fully saturated rings. The normalized spacial score (nSPS) is 13.9. The molecule has 0 bridgehead atoms. The molecule has 1 aromatic heterocycles. The molecule has 0 spiro atoms. The molecule has 1 atom stereocenters. The quantitative estimate of drug-likeness (QED) is 0.591. The highest BCUT2D eigenvalue weighted by Crippen LogP contribution is 2.23. The fraction of sp³-hybridized carbons (Fsp3) is 0.440. The van der Waals surface area contributed by atoms with Crippen LogP contribution in [0.2, 0.25) is 0 Å². The Balaban J connectivity index is 1.86. The lowest BCUT2D eigenvalue weighted by Gasteiger charge is -2.20. The van der Waals surface area contributed by atoms with Gasteiger partial charge in [-0.2, -0.15) is 0 Å². The fourth-order valence-electron chi connectivity index (χ4n) is 3.96. The number of ketones is 1. The second-order valence-electron chi connectivity index (χ2n) is 8.27. The van der Waals surface area contributed by atoms with Gasteiger partial charge in [0, 0.05) is 50.3 Å². The Bertz CT molecular complexity index is 1140. The van der Waals surface area contributed by atoms with Gasteiger partial charge >= 0.3 is 0 Å². The first-order valence-electron chi connectivity index (χ1n) is 11.4. The van der Waals surface area contributed by atoms with E-state index in [2.05, 4.69) is 5.32 Å². The average molecular weight is 470 g/mol. The van der Waals surface area contributed by atoms with Crippen molar-refractivity contribution in [2.75, 3.05) is 27.3 Å². The van der Waals surface area contributed by atoms with Gasteiger partial charge in [0.15, 0.2) is 0 Å². The lowest BCUT2D eigenvalue weighted by molar-refractivity contribution is -0.146. The zero-order valence-electron chi connectivity index (χ0n) is 20.1. The van der Waals surface area contributed by atoms with Gasteiger partial charge in [0.25, 0.3) is 17.4 Å². The Morgan fingerprint density at radius 1 is 1.09 bits per heavy atom. The van der Waals surface area contributed by atoms with Gasteiger partial charge in [-0.15, -0.1) is 0 Å². The van der Waals surface area contributed by atoms with Crippen LogP contribution in [-0.4, -0.2) is 54.4 Å². The third kappa shape index (κ3) is 5.30. The van der Waals surface area contributed by atoms with Gasteiger partial charge in [0.2, 0.25) is 5.78 Å². The zero-order chi connectivity index (χ0) is 24.8. The third-order valence-corrected chi connectivity index (χ3v) is 6.19. The highest BCUT2D eigenvalue weighted by molar-refractivity contribution is 6.36. The first-order chi connectivity index (χ1) is 16.3. The summed E-state index contributed by atoms with van der Waals surface area (Å²) in [6.45, 7) is 4.47. The fourth-order valence-corrected chi connectivity index (χ4v) is 3.96. The van der Waals surface area contributed by atoms with Gasteiger partial charge < -0.3 is 24.3 Å². The van der Waals surface area contributed by atoms with Crippen molar-refractivity contribution in [1.29, 1.82) is 0 Å². The molecule has 0 aliphatic carbocycles. The molecule has 9 heteroatoms. The molecule has 1 aromatic carbocycles. The maximum absolute atomic E-state index is 13.2. The molecule has 2 amide bonds. The van der Waals surface area contributed by atoms with E-state index in [0.29, 0.717) is 17.9 Å². The van der Waals surface area contributed by atoms with Crippen LogP contribution in [0.3, 0.4) is 0 Å². The van der Waals surface area contributed by atoms with Crippen molar-refractivity contribution in [3.63, 3.8) is 0 Å². The van der Waals surface area contributed by atoms with Crippen LogP contribution in [-0.2, 0) is 29.1 Å². The number of pyridine rings is 1. The summed E-state index contributed by atoms with van der Waals surface area (Å²) in [7, 11) is 2.98. The van der Waals surface area contributed by atoms with E-state index in [4.69, 9.17) is 9.47 Å². The summed E-state index contributed by atoms with van der Waals surface area (Å²) in [5.41, 5.74) is 1.27. The smallest absolute Gasteiger partial charge is 0.290 e. The number of Topliss-reactive ketones (excluding diaryl/α,β-unsaturated/α-hetero) is 1. The molecular weight excluding hydrogens is 438 g/mol. The molecule has 1 aliphatic rings. The summed E-state index contributed by atoms with van der Waals surface area (Å²) < 4.78 is 12.1. The van der Waals surface area contributed by atoms with Gasteiger partial charge in [-0.25, -0.2) is 0 Å². The van der Waals surface area contributed by atoms with Gasteiger partial charge in [-0.1, -0.05) is 26.0 Å². The number of rotatable bonds is 8. The second kappa shape index (κ2) is 11.0. The minimum absolute atomic E-state index is 0.176. The number of hydrogen-bond donors (Lipinski definition) is 1. The highest BCUT2D eigenvalue weighted by Gasteiger charge is 2.30. The van der Waals surface area contributed by atoms with Crippen LogP contribution in [0.5, 0.6) is 11.5 Å². The number of nitrogens with zero attached hydrogens (tertiary/aromatic N) is 2. The topological polar surface area (TPSA) is 107 Å². The molecule has 0 unspecified atom stereocenters. The third-order valence-electron chi connectivity index (χ3n) is 6.19. The van der Waals surface area contributed by atoms with Crippen LogP contribution in [0.4, 0.5) is 0 Å². The first-order valence-corrected chi connectivity index (χ1v) is 11.4. The van der Waals surface area contributed by atoms with Crippen LogP contribution >= 0.6 is 0 Å². The summed E-state index contributed by atoms with van der Waals surface area (Å²) in [6.07, 6.45) is 0.820. The maximum atomic E-state index is 13.2. The van der Waals surface area contributed by atoms with E-state index in [0.717, 1.165) is 5.56 Å². The van der Waals surface area contributed by atoms with E-state index in [-0.39, 0.29) is 61.3 Å². The summed E-state index contributed by atoms with van der Waals surface area (Å²) in [6, 6.07) is 8.63. The van der Waals surface area contributed by atoms with E-state index in [9.17, 15) is 19.2 Å². The molecule has 2 aromatic rings. The number of amides is 2. The Kier molecular flexibility index (Phi) is 8.09. The monoisotopic (exact) mass is 469 g/mol. The number of carbonyl (C=O) groups is 3. The van der Waals surface area contributed by atoms with Crippen molar-refractivity contribution in [2.45, 2.75) is 39.8 Å². The number of hydrogen-bond acceptors (Lipinski definition) is 6. The molecule has 0 radical (unpaired) electrons. The Morgan fingerprint density at radius 2 is 1.85 bits per heavy atom. The molecule has 3 rings (SSSR count). The number of aromatic nitrogens is 1. The number of nitrogens with one attached hydrogen (secondary N) is 1. The Hall–Kier alpha value is -3.62. The zero-order valence-corrected chi connectivity index (χ0v) is 20.1. The summed E-state index contributed by atoms with van der Waals surface area (Å²) in [4.78, 5) is 52.6. The molecule has 34 heavy (non-hydrogen) atoms. The standard InChI is InChI=1S/C25H31N3O6/c1-5-16(2)23(30)25(32)27-10-9-19-22(20(34-4)14-21(29)28(19)12-11-27)24(31)26-15-17-7-6-8-18(13-17)33-3/h6-8,13-14,16H,5,9-12,15H2,1-4H3,(H,26,31)/t16-/m0/s1. The predicted molar refractivity (Wildman–Crippen MR) is 126 cm³/mol. The van der Waals surface area contributed by atoms with Crippen molar-refractivity contribution in [3.8, 4) is 11.5 Å². The highest BCUT2D eigenvalue weighted by atomic mass is 16.5. The Labute approximate surface area is 198 Å². The number of ether oxygens (including phenoxy) is 2. The van der Waals surface area contributed by atoms with Gasteiger partial charge in [-0.3, -0.25) is 19.2 Å². The van der Waals surface area contributed by atoms with Crippen LogP contribution in [0.1, 0.15) is 41.9 Å². The van der Waals surface area contributed by atoms with E-state index in [1.165, 1.54) is 22.6 Å². The molecule has 0 saturated carbocycles. The lowest BCUT2D eigenvalue weighted by atomic mass is 10.0. The summed E-state index contributed by atoms with van der Waals surface area (Å²) >= 11 is 0. The van der Waals surface area contributed by atoms with E-state index in [1.807, 2.05) is 31.2 Å². The summed E-state index contributed by atoms with van der Waals surface area (Å²) in [5, 5.41) is 2.88. The SMILES string of the molecule is CC[C@H](C)C(=O)C(=O)N1CCc2c(C(=O)NCc3cccc(OC)c3)c(OC)cc(=O)n2CC1. The number of benzene rings is 1. The number of fused-ring (bicyclic) bond motifs is 1. The average Bonchev–Trinajstić information content (AvgIpc) is 3.09. The van der Waals surface area contributed by atoms with Crippen LogP contribution < -0.4 is 20.3 Å². The predicted octanol–water partition coefficient (Wildman–Crippen LogP) is 1.80. The van der Waals surface area contributed by atoms with Crippen molar-refractivity contribution < 1.29 is 23.9 Å². The van der Waals surface area contributed by atoms with Crippen molar-refractivity contribution >= 4 is 17.6 Å². The summed E-state index contributed by atoms with van der Waals surface area (Å²) in [5.74, 6) is -0.880.